The van der Waals surface area contributed by atoms with E-state index in [4.69, 9.17) is 4.52 Å². The third-order valence-corrected chi connectivity index (χ3v) is 2.84. The van der Waals surface area contributed by atoms with E-state index < -0.39 is 0 Å². The van der Waals surface area contributed by atoms with Crippen LogP contribution in [0, 0.1) is 6.92 Å². The highest BCUT2D eigenvalue weighted by atomic mass is 16.5. The second-order valence-electron chi connectivity index (χ2n) is 4.25. The zero-order valence-corrected chi connectivity index (χ0v) is 9.29. The first-order chi connectivity index (χ1) is 7.74. The smallest absolute Gasteiger partial charge is 0.223 e. The molecule has 0 spiro atoms. The second-order valence-corrected chi connectivity index (χ2v) is 4.25. The van der Waals surface area contributed by atoms with Gasteiger partial charge in [0.1, 0.15) is 6.04 Å². The maximum atomic E-state index is 4.95. The summed E-state index contributed by atoms with van der Waals surface area (Å²) in [4.78, 5) is 4.19. The van der Waals surface area contributed by atoms with Gasteiger partial charge in [-0.15, -0.1) is 5.10 Å². The van der Waals surface area contributed by atoms with Crippen LogP contribution in [0.25, 0.3) is 0 Å². The standard InChI is InChI=1S/C10H13N5O/c1-6(10-11-7(2)16-13-10)15-5-9(12-14-15)8-3-4-8/h5-6,8H,3-4H2,1-2H3. The molecular formula is C10H13N5O. The zero-order chi connectivity index (χ0) is 11.1. The first-order valence-corrected chi connectivity index (χ1v) is 5.46. The topological polar surface area (TPSA) is 69.6 Å². The van der Waals surface area contributed by atoms with Gasteiger partial charge in [0.05, 0.1) is 5.69 Å². The largest absolute Gasteiger partial charge is 0.340 e. The average molecular weight is 219 g/mol. The van der Waals surface area contributed by atoms with E-state index in [0.717, 1.165) is 5.69 Å². The lowest BCUT2D eigenvalue weighted by Gasteiger charge is -2.04. The van der Waals surface area contributed by atoms with Gasteiger partial charge in [-0.3, -0.25) is 0 Å². The minimum atomic E-state index is -0.0301. The number of aromatic nitrogens is 5. The molecule has 2 aromatic heterocycles. The van der Waals surface area contributed by atoms with E-state index in [1.54, 1.807) is 11.6 Å². The van der Waals surface area contributed by atoms with Gasteiger partial charge in [-0.2, -0.15) is 4.98 Å². The first kappa shape index (κ1) is 9.50. The summed E-state index contributed by atoms with van der Waals surface area (Å²) < 4.78 is 6.74. The molecule has 0 N–H and O–H groups in total. The fourth-order valence-electron chi connectivity index (χ4n) is 1.65. The molecule has 0 radical (unpaired) electrons. The summed E-state index contributed by atoms with van der Waals surface area (Å²) in [6.07, 6.45) is 4.44. The van der Waals surface area contributed by atoms with Gasteiger partial charge in [-0.1, -0.05) is 10.4 Å². The molecule has 0 amide bonds. The Bertz CT molecular complexity index is 499. The van der Waals surface area contributed by atoms with Crippen LogP contribution in [0.2, 0.25) is 0 Å². The molecule has 2 heterocycles. The summed E-state index contributed by atoms with van der Waals surface area (Å²) in [6, 6.07) is -0.0301. The summed E-state index contributed by atoms with van der Waals surface area (Å²) in [5.41, 5.74) is 1.08. The van der Waals surface area contributed by atoms with Gasteiger partial charge in [-0.05, 0) is 19.8 Å². The Labute approximate surface area is 92.7 Å². The normalized spacial score (nSPS) is 17.6. The summed E-state index contributed by atoms with van der Waals surface area (Å²) in [6.45, 7) is 3.76. The van der Waals surface area contributed by atoms with Crippen molar-refractivity contribution in [2.24, 2.45) is 0 Å². The summed E-state index contributed by atoms with van der Waals surface area (Å²) in [5.74, 6) is 1.84. The molecule has 0 bridgehead atoms. The molecule has 2 aromatic rings. The van der Waals surface area contributed by atoms with Crippen LogP contribution >= 0.6 is 0 Å². The highest BCUT2D eigenvalue weighted by molar-refractivity contribution is 5.10. The zero-order valence-electron chi connectivity index (χ0n) is 9.29. The van der Waals surface area contributed by atoms with Crippen LogP contribution < -0.4 is 0 Å². The van der Waals surface area contributed by atoms with Gasteiger partial charge >= 0.3 is 0 Å². The number of aryl methyl sites for hydroxylation is 1. The van der Waals surface area contributed by atoms with Crippen molar-refractivity contribution in [2.45, 2.75) is 38.6 Å². The SMILES string of the molecule is Cc1nc(C(C)n2cc(C3CC3)nn2)no1. The molecule has 0 aromatic carbocycles. The van der Waals surface area contributed by atoms with Crippen LogP contribution in [0.1, 0.15) is 49.1 Å². The molecule has 16 heavy (non-hydrogen) atoms. The Morgan fingerprint density at radius 1 is 1.50 bits per heavy atom. The van der Waals surface area contributed by atoms with Crippen molar-refractivity contribution in [2.75, 3.05) is 0 Å². The van der Waals surface area contributed by atoms with Gasteiger partial charge in [0, 0.05) is 19.0 Å². The number of rotatable bonds is 3. The summed E-state index contributed by atoms with van der Waals surface area (Å²) in [5, 5.41) is 12.2. The van der Waals surface area contributed by atoms with Crippen LogP contribution in [0.15, 0.2) is 10.7 Å². The number of hydrogen-bond donors (Lipinski definition) is 0. The predicted octanol–water partition coefficient (Wildman–Crippen LogP) is 1.46. The van der Waals surface area contributed by atoms with E-state index in [0.29, 0.717) is 17.6 Å². The van der Waals surface area contributed by atoms with Crippen LogP contribution in [-0.2, 0) is 0 Å². The Balaban J connectivity index is 1.84. The van der Waals surface area contributed by atoms with Gasteiger partial charge in [0.25, 0.3) is 0 Å². The maximum Gasteiger partial charge on any atom is 0.223 e. The Kier molecular flexibility index (Phi) is 2.02. The molecule has 0 aliphatic heterocycles. The van der Waals surface area contributed by atoms with Crippen LogP contribution in [0.4, 0.5) is 0 Å². The van der Waals surface area contributed by atoms with Crippen molar-refractivity contribution in [1.29, 1.82) is 0 Å². The van der Waals surface area contributed by atoms with E-state index >= 15 is 0 Å². The molecule has 3 rings (SSSR count). The van der Waals surface area contributed by atoms with Crippen LogP contribution in [-0.4, -0.2) is 25.1 Å². The molecule has 84 valence electrons. The van der Waals surface area contributed by atoms with Gasteiger partial charge in [0.2, 0.25) is 5.89 Å². The van der Waals surface area contributed by atoms with E-state index in [2.05, 4.69) is 20.5 Å². The number of hydrogen-bond acceptors (Lipinski definition) is 5. The van der Waals surface area contributed by atoms with E-state index in [-0.39, 0.29) is 6.04 Å². The second kappa shape index (κ2) is 3.40. The predicted molar refractivity (Wildman–Crippen MR) is 54.8 cm³/mol. The maximum absolute atomic E-state index is 4.95. The lowest BCUT2D eigenvalue weighted by molar-refractivity contribution is 0.377. The molecule has 1 fully saturated rings. The fraction of sp³-hybridized carbons (Fsp3) is 0.600. The lowest BCUT2D eigenvalue weighted by Crippen LogP contribution is -2.09. The molecule has 0 saturated heterocycles. The van der Waals surface area contributed by atoms with Gasteiger partial charge < -0.3 is 4.52 Å². The minimum absolute atomic E-state index is 0.0301. The average Bonchev–Trinajstić information content (AvgIpc) is 2.86. The highest BCUT2D eigenvalue weighted by Gasteiger charge is 2.27. The lowest BCUT2D eigenvalue weighted by atomic mass is 10.3. The highest BCUT2D eigenvalue weighted by Crippen LogP contribution is 2.38. The third-order valence-electron chi connectivity index (χ3n) is 2.84. The third kappa shape index (κ3) is 1.60. The molecule has 1 atom stereocenters. The molecule has 1 unspecified atom stereocenters. The molecule has 1 saturated carbocycles. The molecular weight excluding hydrogens is 206 g/mol. The minimum Gasteiger partial charge on any atom is -0.340 e. The fourth-order valence-corrected chi connectivity index (χ4v) is 1.65. The molecule has 6 heteroatoms. The van der Waals surface area contributed by atoms with Crippen molar-refractivity contribution in [3.05, 3.63) is 23.6 Å². The quantitative estimate of drug-likeness (QED) is 0.781. The van der Waals surface area contributed by atoms with Crippen molar-refractivity contribution in [1.82, 2.24) is 25.1 Å². The van der Waals surface area contributed by atoms with E-state index in [1.165, 1.54) is 12.8 Å². The Morgan fingerprint density at radius 3 is 2.94 bits per heavy atom. The van der Waals surface area contributed by atoms with E-state index in [1.807, 2.05) is 13.1 Å². The van der Waals surface area contributed by atoms with Crippen molar-refractivity contribution < 1.29 is 4.52 Å². The van der Waals surface area contributed by atoms with Crippen molar-refractivity contribution >= 4 is 0 Å². The van der Waals surface area contributed by atoms with Gasteiger partial charge in [-0.25, -0.2) is 4.68 Å². The Morgan fingerprint density at radius 2 is 2.31 bits per heavy atom. The van der Waals surface area contributed by atoms with Gasteiger partial charge in [0.15, 0.2) is 5.82 Å². The molecule has 6 nitrogen and oxygen atoms in total. The van der Waals surface area contributed by atoms with Crippen LogP contribution in [0.3, 0.4) is 0 Å². The molecule has 1 aliphatic rings. The van der Waals surface area contributed by atoms with Crippen molar-refractivity contribution in [3.8, 4) is 0 Å². The van der Waals surface area contributed by atoms with Crippen molar-refractivity contribution in [3.63, 3.8) is 0 Å². The summed E-state index contributed by atoms with van der Waals surface area (Å²) >= 11 is 0. The number of nitrogens with zero attached hydrogens (tertiary/aromatic N) is 5. The summed E-state index contributed by atoms with van der Waals surface area (Å²) in [7, 11) is 0. The first-order valence-electron chi connectivity index (χ1n) is 5.46. The van der Waals surface area contributed by atoms with Crippen LogP contribution in [0.5, 0.6) is 0 Å². The molecule has 1 aliphatic carbocycles. The Hall–Kier alpha value is -1.72. The van der Waals surface area contributed by atoms with E-state index in [9.17, 15) is 0 Å². The monoisotopic (exact) mass is 219 g/mol.